The van der Waals surface area contributed by atoms with Crippen LogP contribution in [0.5, 0.6) is 0 Å². The molecule has 1 atom stereocenters. The standard InChI is InChI=1S/C22H25F4N5O2/c1-3-30-14-16(12-27-30)4-5-28-6-7-31(21(28)32)19-11-17(29-8-9-33-15(2)13-29)10-18(20(19)23)22(24,25)26/h6-7,10-12,14-15H,3-5,8-9,13H2,1-2H3/t15-/m1/s1. The van der Waals surface area contributed by atoms with E-state index in [4.69, 9.17) is 4.74 Å². The van der Waals surface area contributed by atoms with Crippen LogP contribution in [0, 0.1) is 5.82 Å². The highest BCUT2D eigenvalue weighted by atomic mass is 19.4. The van der Waals surface area contributed by atoms with Crippen LogP contribution >= 0.6 is 0 Å². The molecule has 0 amide bonds. The summed E-state index contributed by atoms with van der Waals surface area (Å²) in [5, 5.41) is 4.18. The molecule has 1 aliphatic rings. The van der Waals surface area contributed by atoms with E-state index >= 15 is 4.39 Å². The van der Waals surface area contributed by atoms with Gasteiger partial charge in [-0.05, 0) is 38.0 Å². The summed E-state index contributed by atoms with van der Waals surface area (Å²) in [5.41, 5.74) is -1.33. The molecule has 1 saturated heterocycles. The Hall–Kier alpha value is -3.08. The molecule has 3 aromatic rings. The van der Waals surface area contributed by atoms with Crippen molar-refractivity contribution >= 4 is 5.69 Å². The number of aromatic nitrogens is 4. The van der Waals surface area contributed by atoms with E-state index in [0.29, 0.717) is 26.1 Å². The fourth-order valence-electron chi connectivity index (χ4n) is 3.94. The molecule has 0 aliphatic carbocycles. The average molecular weight is 467 g/mol. The highest BCUT2D eigenvalue weighted by molar-refractivity contribution is 5.58. The Bertz CT molecular complexity index is 1180. The number of alkyl halides is 3. The minimum Gasteiger partial charge on any atom is -0.375 e. The molecule has 2 aromatic heterocycles. The first-order valence-electron chi connectivity index (χ1n) is 10.7. The molecule has 33 heavy (non-hydrogen) atoms. The lowest BCUT2D eigenvalue weighted by molar-refractivity contribution is -0.139. The Morgan fingerprint density at radius 2 is 2.03 bits per heavy atom. The first kappa shape index (κ1) is 23.1. The summed E-state index contributed by atoms with van der Waals surface area (Å²) in [6.45, 7) is 5.86. The number of hydrogen-bond donors (Lipinski definition) is 0. The van der Waals surface area contributed by atoms with Crippen LogP contribution in [0.1, 0.15) is 25.0 Å². The van der Waals surface area contributed by atoms with E-state index < -0.39 is 28.9 Å². The molecule has 0 saturated carbocycles. The van der Waals surface area contributed by atoms with Gasteiger partial charge in [0.25, 0.3) is 0 Å². The van der Waals surface area contributed by atoms with Gasteiger partial charge in [0, 0.05) is 50.5 Å². The van der Waals surface area contributed by atoms with Crippen molar-refractivity contribution in [1.29, 1.82) is 0 Å². The summed E-state index contributed by atoms with van der Waals surface area (Å²) in [6.07, 6.45) is 1.73. The van der Waals surface area contributed by atoms with Gasteiger partial charge in [-0.25, -0.2) is 9.18 Å². The van der Waals surface area contributed by atoms with Gasteiger partial charge in [0.2, 0.25) is 0 Å². The highest BCUT2D eigenvalue weighted by Gasteiger charge is 2.37. The van der Waals surface area contributed by atoms with E-state index in [9.17, 15) is 18.0 Å². The largest absolute Gasteiger partial charge is 0.419 e. The number of halogens is 4. The number of imidazole rings is 1. The van der Waals surface area contributed by atoms with Crippen molar-refractivity contribution in [1.82, 2.24) is 18.9 Å². The van der Waals surface area contributed by atoms with Crippen LogP contribution < -0.4 is 10.6 Å². The third-order valence-corrected chi connectivity index (χ3v) is 5.71. The third-order valence-electron chi connectivity index (χ3n) is 5.71. The summed E-state index contributed by atoms with van der Waals surface area (Å²) >= 11 is 0. The second kappa shape index (κ2) is 9.05. The van der Waals surface area contributed by atoms with Crippen molar-refractivity contribution in [2.75, 3.05) is 24.6 Å². The number of rotatable bonds is 6. The maximum atomic E-state index is 15.0. The van der Waals surface area contributed by atoms with Crippen molar-refractivity contribution in [2.24, 2.45) is 0 Å². The smallest absolute Gasteiger partial charge is 0.375 e. The third kappa shape index (κ3) is 4.82. The SMILES string of the molecule is CCn1cc(CCn2ccn(-c3cc(N4CCO[C@H](C)C4)cc(C(F)(F)F)c3F)c2=O)cn1. The number of benzene rings is 1. The maximum absolute atomic E-state index is 15.0. The zero-order valence-electron chi connectivity index (χ0n) is 18.3. The zero-order valence-corrected chi connectivity index (χ0v) is 18.3. The van der Waals surface area contributed by atoms with E-state index in [0.717, 1.165) is 22.7 Å². The molecule has 1 fully saturated rings. The summed E-state index contributed by atoms with van der Waals surface area (Å²) in [7, 11) is 0. The van der Waals surface area contributed by atoms with E-state index in [1.54, 1.807) is 15.8 Å². The van der Waals surface area contributed by atoms with Gasteiger partial charge in [0.15, 0.2) is 5.82 Å². The molecule has 178 valence electrons. The molecule has 3 heterocycles. The van der Waals surface area contributed by atoms with Gasteiger partial charge in [-0.1, -0.05) is 0 Å². The van der Waals surface area contributed by atoms with E-state index in [1.807, 2.05) is 20.0 Å². The van der Waals surface area contributed by atoms with E-state index in [-0.39, 0.29) is 18.3 Å². The molecule has 4 rings (SSSR count). The lowest BCUT2D eigenvalue weighted by Gasteiger charge is -2.33. The number of ether oxygens (including phenoxy) is 1. The molecule has 0 spiro atoms. The quantitative estimate of drug-likeness (QED) is 0.521. The Balaban J connectivity index is 1.69. The normalized spacial score (nSPS) is 17.0. The monoisotopic (exact) mass is 467 g/mol. The predicted octanol–water partition coefficient (Wildman–Crippen LogP) is 3.48. The van der Waals surface area contributed by atoms with Crippen LogP contribution in [-0.4, -0.2) is 44.7 Å². The van der Waals surface area contributed by atoms with Crippen LogP contribution in [0.4, 0.5) is 23.2 Å². The Morgan fingerprint density at radius 3 is 2.70 bits per heavy atom. The number of anilines is 1. The molecule has 11 heteroatoms. The molecule has 0 N–H and O–H groups in total. The zero-order chi connectivity index (χ0) is 23.8. The number of hydrogen-bond acceptors (Lipinski definition) is 4. The summed E-state index contributed by atoms with van der Waals surface area (Å²) < 4.78 is 65.4. The van der Waals surface area contributed by atoms with E-state index in [2.05, 4.69) is 5.10 Å². The first-order valence-corrected chi connectivity index (χ1v) is 10.7. The number of aryl methyl sites for hydroxylation is 3. The lowest BCUT2D eigenvalue weighted by atomic mass is 10.1. The van der Waals surface area contributed by atoms with Crippen LogP contribution in [-0.2, 0) is 30.4 Å². The van der Waals surface area contributed by atoms with Gasteiger partial charge in [-0.15, -0.1) is 0 Å². The average Bonchev–Trinajstić information content (AvgIpc) is 3.38. The topological polar surface area (TPSA) is 57.2 Å². The van der Waals surface area contributed by atoms with Crippen molar-refractivity contribution in [3.8, 4) is 5.69 Å². The maximum Gasteiger partial charge on any atom is 0.419 e. The van der Waals surface area contributed by atoms with Crippen LogP contribution in [0.25, 0.3) is 5.69 Å². The van der Waals surface area contributed by atoms with Gasteiger partial charge in [-0.2, -0.15) is 18.3 Å². The van der Waals surface area contributed by atoms with Gasteiger partial charge in [0.1, 0.15) is 0 Å². The minimum absolute atomic E-state index is 0.178. The Kier molecular flexibility index (Phi) is 6.33. The molecular weight excluding hydrogens is 442 g/mol. The molecule has 0 radical (unpaired) electrons. The van der Waals surface area contributed by atoms with Crippen LogP contribution in [0.2, 0.25) is 0 Å². The second-order valence-corrected chi connectivity index (χ2v) is 8.05. The fraction of sp³-hybridized carbons (Fsp3) is 0.455. The molecule has 7 nitrogen and oxygen atoms in total. The van der Waals surface area contributed by atoms with Gasteiger partial charge < -0.3 is 9.64 Å². The summed E-state index contributed by atoms with van der Waals surface area (Å²) in [5.74, 6) is -1.48. The van der Waals surface area contributed by atoms with Gasteiger partial charge >= 0.3 is 11.9 Å². The van der Waals surface area contributed by atoms with Crippen LogP contribution in [0.3, 0.4) is 0 Å². The van der Waals surface area contributed by atoms with E-state index in [1.165, 1.54) is 23.0 Å². The predicted molar refractivity (Wildman–Crippen MR) is 114 cm³/mol. The number of morpholine rings is 1. The van der Waals surface area contributed by atoms with Crippen molar-refractivity contribution < 1.29 is 22.3 Å². The first-order chi connectivity index (χ1) is 15.7. The van der Waals surface area contributed by atoms with Crippen molar-refractivity contribution in [2.45, 2.75) is 45.6 Å². The fourth-order valence-corrected chi connectivity index (χ4v) is 3.94. The van der Waals surface area contributed by atoms with Gasteiger partial charge in [-0.3, -0.25) is 13.8 Å². The van der Waals surface area contributed by atoms with Crippen LogP contribution in [0.15, 0.2) is 41.7 Å². The molecule has 1 aliphatic heterocycles. The molecule has 1 aromatic carbocycles. The van der Waals surface area contributed by atoms with Crippen molar-refractivity contribution in [3.05, 3.63) is 64.3 Å². The summed E-state index contributed by atoms with van der Waals surface area (Å²) in [6, 6.07) is 2.09. The van der Waals surface area contributed by atoms with Gasteiger partial charge in [0.05, 0.1) is 30.2 Å². The minimum atomic E-state index is -4.90. The summed E-state index contributed by atoms with van der Waals surface area (Å²) in [4.78, 5) is 14.6. The molecule has 0 unspecified atom stereocenters. The number of nitrogens with zero attached hydrogens (tertiary/aromatic N) is 5. The Morgan fingerprint density at radius 1 is 1.24 bits per heavy atom. The molecular formula is C22H25F4N5O2. The Labute approximate surface area is 187 Å². The second-order valence-electron chi connectivity index (χ2n) is 8.05. The van der Waals surface area contributed by atoms with Crippen molar-refractivity contribution in [3.63, 3.8) is 0 Å². The molecule has 0 bridgehead atoms. The highest BCUT2D eigenvalue weighted by Crippen LogP contribution is 2.37. The lowest BCUT2D eigenvalue weighted by Crippen LogP contribution is -2.41.